The van der Waals surface area contributed by atoms with E-state index in [0.717, 1.165) is 12.8 Å². The van der Waals surface area contributed by atoms with E-state index in [9.17, 15) is 14.3 Å². The van der Waals surface area contributed by atoms with Crippen molar-refractivity contribution in [2.75, 3.05) is 0 Å². The number of aromatic nitrogens is 2. The number of carbonyl (C=O) groups is 1. The fourth-order valence-corrected chi connectivity index (χ4v) is 1.94. The van der Waals surface area contributed by atoms with Gasteiger partial charge < -0.3 is 14.5 Å². The summed E-state index contributed by atoms with van der Waals surface area (Å²) < 4.78 is 15.1. The van der Waals surface area contributed by atoms with Gasteiger partial charge in [0.1, 0.15) is 17.3 Å². The highest BCUT2D eigenvalue weighted by Crippen LogP contribution is 2.39. The minimum Gasteiger partial charge on any atom is -0.542 e. The molecule has 1 saturated carbocycles. The molecule has 82 valence electrons. The molecule has 0 aliphatic heterocycles. The lowest BCUT2D eigenvalue weighted by molar-refractivity contribution is -0.256. The molecule has 0 bridgehead atoms. The van der Waals surface area contributed by atoms with Gasteiger partial charge in [0.15, 0.2) is 5.82 Å². The molecule has 0 unspecified atom stereocenters. The number of fused-ring (bicyclic) bond motifs is 1. The van der Waals surface area contributed by atoms with Crippen LogP contribution >= 0.6 is 0 Å². The molecule has 4 nitrogen and oxygen atoms in total. The maximum atomic E-state index is 13.6. The molecule has 0 atom stereocenters. The topological polar surface area (TPSA) is 57.9 Å². The summed E-state index contributed by atoms with van der Waals surface area (Å²) in [5.41, 5.74) is 0.635. The van der Waals surface area contributed by atoms with E-state index in [4.69, 9.17) is 0 Å². The van der Waals surface area contributed by atoms with Crippen LogP contribution in [-0.4, -0.2) is 15.5 Å². The zero-order valence-corrected chi connectivity index (χ0v) is 8.31. The first-order valence-electron chi connectivity index (χ1n) is 5.06. The third kappa shape index (κ3) is 1.21. The number of aromatic carboxylic acids is 1. The lowest BCUT2D eigenvalue weighted by atomic mass is 10.3. The summed E-state index contributed by atoms with van der Waals surface area (Å²) in [7, 11) is 0. The zero-order chi connectivity index (χ0) is 11.3. The molecule has 0 spiro atoms. The Morgan fingerprint density at radius 1 is 1.50 bits per heavy atom. The summed E-state index contributed by atoms with van der Waals surface area (Å²) in [6, 6.07) is 4.47. The number of nitrogens with zero attached hydrogens (tertiary/aromatic N) is 2. The van der Waals surface area contributed by atoms with Gasteiger partial charge in [0.25, 0.3) is 0 Å². The van der Waals surface area contributed by atoms with Crippen molar-refractivity contribution in [2.45, 2.75) is 18.9 Å². The van der Waals surface area contributed by atoms with Gasteiger partial charge in [-0.25, -0.2) is 9.37 Å². The molecular weight excluding hydrogens is 211 g/mol. The predicted octanol–water partition coefficient (Wildman–Crippen LogP) is 0.874. The van der Waals surface area contributed by atoms with E-state index in [1.54, 1.807) is 6.07 Å². The van der Waals surface area contributed by atoms with Crippen molar-refractivity contribution in [3.05, 3.63) is 29.8 Å². The average molecular weight is 219 g/mol. The van der Waals surface area contributed by atoms with Crippen LogP contribution in [0.25, 0.3) is 11.0 Å². The molecule has 0 saturated heterocycles. The summed E-state index contributed by atoms with van der Waals surface area (Å²) in [4.78, 5) is 14.8. The van der Waals surface area contributed by atoms with Gasteiger partial charge in [-0.1, -0.05) is 6.07 Å². The quantitative estimate of drug-likeness (QED) is 0.753. The zero-order valence-electron chi connectivity index (χ0n) is 8.31. The fourth-order valence-electron chi connectivity index (χ4n) is 1.94. The Hall–Kier alpha value is -1.91. The molecule has 1 heterocycles. The van der Waals surface area contributed by atoms with E-state index in [2.05, 4.69) is 4.98 Å². The highest BCUT2D eigenvalue weighted by atomic mass is 19.1. The summed E-state index contributed by atoms with van der Waals surface area (Å²) in [5.74, 6) is -1.98. The van der Waals surface area contributed by atoms with Gasteiger partial charge in [-0.15, -0.1) is 0 Å². The predicted molar refractivity (Wildman–Crippen MR) is 52.3 cm³/mol. The average Bonchev–Trinajstić information content (AvgIpc) is 2.99. The summed E-state index contributed by atoms with van der Waals surface area (Å²) >= 11 is 0. The maximum absolute atomic E-state index is 13.6. The van der Waals surface area contributed by atoms with E-state index in [-0.39, 0.29) is 17.4 Å². The molecule has 1 aromatic heterocycles. The van der Waals surface area contributed by atoms with E-state index in [1.165, 1.54) is 16.7 Å². The number of carbonyl (C=O) groups excluding carboxylic acids is 1. The number of hydrogen-bond acceptors (Lipinski definition) is 3. The Bertz CT molecular complexity index is 587. The first-order chi connectivity index (χ1) is 7.68. The van der Waals surface area contributed by atoms with Crippen molar-refractivity contribution in [3.8, 4) is 0 Å². The second kappa shape index (κ2) is 3.04. The molecular formula is C11H8FN2O2-. The van der Waals surface area contributed by atoms with Gasteiger partial charge in [-0.2, -0.15) is 0 Å². The van der Waals surface area contributed by atoms with Crippen LogP contribution in [0.15, 0.2) is 18.2 Å². The van der Waals surface area contributed by atoms with Crippen LogP contribution in [0, 0.1) is 5.82 Å². The maximum Gasteiger partial charge on any atom is 0.157 e. The van der Waals surface area contributed by atoms with Crippen LogP contribution in [0.1, 0.15) is 29.5 Å². The fraction of sp³-hybridized carbons (Fsp3) is 0.273. The van der Waals surface area contributed by atoms with E-state index in [0.29, 0.717) is 5.52 Å². The molecule has 16 heavy (non-hydrogen) atoms. The van der Waals surface area contributed by atoms with Crippen LogP contribution in [0.4, 0.5) is 4.39 Å². The number of halogens is 1. The van der Waals surface area contributed by atoms with Crippen molar-refractivity contribution in [3.63, 3.8) is 0 Å². The highest BCUT2D eigenvalue weighted by Gasteiger charge is 2.29. The van der Waals surface area contributed by atoms with Crippen molar-refractivity contribution < 1.29 is 14.3 Å². The summed E-state index contributed by atoms with van der Waals surface area (Å²) in [5, 5.41) is 10.9. The minimum atomic E-state index is -1.36. The first kappa shape index (κ1) is 9.33. The molecule has 0 N–H and O–H groups in total. The van der Waals surface area contributed by atoms with Gasteiger partial charge in [0, 0.05) is 6.04 Å². The van der Waals surface area contributed by atoms with Crippen LogP contribution in [0.2, 0.25) is 0 Å². The monoisotopic (exact) mass is 219 g/mol. The second-order valence-electron chi connectivity index (χ2n) is 3.93. The Morgan fingerprint density at radius 2 is 2.25 bits per heavy atom. The molecule has 1 aliphatic rings. The van der Waals surface area contributed by atoms with Gasteiger partial charge in [-0.05, 0) is 25.0 Å². The largest absolute Gasteiger partial charge is 0.542 e. The Kier molecular flexibility index (Phi) is 1.77. The number of benzene rings is 1. The molecule has 0 amide bonds. The smallest absolute Gasteiger partial charge is 0.157 e. The number of rotatable bonds is 2. The van der Waals surface area contributed by atoms with Gasteiger partial charge in [-0.3, -0.25) is 0 Å². The molecule has 2 aromatic rings. The molecule has 1 fully saturated rings. The number of carboxylic acids is 1. The van der Waals surface area contributed by atoms with Gasteiger partial charge in [0.05, 0.1) is 5.52 Å². The van der Waals surface area contributed by atoms with Crippen LogP contribution < -0.4 is 5.11 Å². The number of imidazole rings is 1. The lowest BCUT2D eigenvalue weighted by Gasteiger charge is -2.07. The highest BCUT2D eigenvalue weighted by molar-refractivity contribution is 5.89. The number of carboxylic acid groups (broad SMARTS) is 1. The third-order valence-corrected chi connectivity index (χ3v) is 2.76. The van der Waals surface area contributed by atoms with Crippen LogP contribution in [0.3, 0.4) is 0 Å². The SMILES string of the molecule is O=C([O-])c1nc2cccc(F)c2n1C1CC1. The van der Waals surface area contributed by atoms with Crippen LogP contribution in [-0.2, 0) is 0 Å². The molecule has 1 aliphatic carbocycles. The Balaban J connectivity index is 2.38. The third-order valence-electron chi connectivity index (χ3n) is 2.76. The molecule has 1 aromatic carbocycles. The molecule has 3 rings (SSSR count). The molecule has 5 heteroatoms. The number of para-hydroxylation sites is 1. The van der Waals surface area contributed by atoms with Crippen molar-refractivity contribution >= 4 is 17.0 Å². The standard InChI is InChI=1S/C11H9FN2O2/c12-7-2-1-3-8-9(7)14(6-4-5-6)10(13-8)11(15)16/h1-3,6H,4-5H2,(H,15,16)/p-1. The summed E-state index contributed by atoms with van der Waals surface area (Å²) in [6.07, 6.45) is 1.72. The van der Waals surface area contributed by atoms with Crippen LogP contribution in [0.5, 0.6) is 0 Å². The van der Waals surface area contributed by atoms with Crippen molar-refractivity contribution in [1.82, 2.24) is 9.55 Å². The van der Waals surface area contributed by atoms with E-state index < -0.39 is 11.8 Å². The minimum absolute atomic E-state index is 0.0507. The Morgan fingerprint density at radius 3 is 2.88 bits per heavy atom. The number of hydrogen-bond donors (Lipinski definition) is 0. The van der Waals surface area contributed by atoms with Gasteiger partial charge >= 0.3 is 0 Å². The normalized spacial score (nSPS) is 15.6. The lowest BCUT2D eigenvalue weighted by Crippen LogP contribution is -2.26. The van der Waals surface area contributed by atoms with Gasteiger partial charge in [0.2, 0.25) is 0 Å². The van der Waals surface area contributed by atoms with Crippen molar-refractivity contribution in [1.29, 1.82) is 0 Å². The van der Waals surface area contributed by atoms with Crippen molar-refractivity contribution in [2.24, 2.45) is 0 Å². The molecule has 0 radical (unpaired) electrons. The summed E-state index contributed by atoms with van der Waals surface area (Å²) in [6.45, 7) is 0. The second-order valence-corrected chi connectivity index (χ2v) is 3.93. The Labute approximate surface area is 90.3 Å². The van der Waals surface area contributed by atoms with E-state index in [1.807, 2.05) is 0 Å². The van der Waals surface area contributed by atoms with E-state index >= 15 is 0 Å². The first-order valence-corrected chi connectivity index (χ1v) is 5.06.